The standard InChI is InChI=1S/C21H32N2O4/c1-3-4-5-6-7-8-9-10-11-12-17-26-20-22-23(21(24)27-20)18-13-15-19(25-2)16-14-18/h13-16H,3-12,17H2,1-2H3. The zero-order chi connectivity index (χ0) is 19.3. The zero-order valence-corrected chi connectivity index (χ0v) is 16.6. The van der Waals surface area contributed by atoms with Crippen LogP contribution in [0.4, 0.5) is 0 Å². The molecule has 0 radical (unpaired) electrons. The van der Waals surface area contributed by atoms with Crippen molar-refractivity contribution in [3.8, 4) is 17.5 Å². The molecular formula is C21H32N2O4. The third-order valence-corrected chi connectivity index (χ3v) is 4.57. The van der Waals surface area contributed by atoms with Crippen molar-refractivity contribution in [3.05, 3.63) is 34.8 Å². The Hall–Kier alpha value is -2.24. The lowest BCUT2D eigenvalue weighted by atomic mass is 10.1. The second-order valence-electron chi connectivity index (χ2n) is 6.77. The maximum atomic E-state index is 11.9. The van der Waals surface area contributed by atoms with Crippen molar-refractivity contribution in [2.75, 3.05) is 13.7 Å². The summed E-state index contributed by atoms with van der Waals surface area (Å²) >= 11 is 0. The minimum atomic E-state index is -0.557. The van der Waals surface area contributed by atoms with Crippen LogP contribution in [0.3, 0.4) is 0 Å². The van der Waals surface area contributed by atoms with Crippen molar-refractivity contribution in [1.29, 1.82) is 0 Å². The second kappa shape index (κ2) is 12.2. The zero-order valence-electron chi connectivity index (χ0n) is 16.6. The van der Waals surface area contributed by atoms with Gasteiger partial charge in [0.2, 0.25) is 0 Å². The van der Waals surface area contributed by atoms with Crippen LogP contribution < -0.4 is 15.2 Å². The first-order valence-electron chi connectivity index (χ1n) is 10.1. The van der Waals surface area contributed by atoms with Crippen molar-refractivity contribution in [2.45, 2.75) is 71.1 Å². The molecule has 0 N–H and O–H groups in total. The van der Waals surface area contributed by atoms with Crippen LogP contribution in [0.1, 0.15) is 71.1 Å². The summed E-state index contributed by atoms with van der Waals surface area (Å²) in [6.45, 7) is 2.76. The van der Waals surface area contributed by atoms with Crippen LogP contribution in [0.2, 0.25) is 0 Å². The van der Waals surface area contributed by atoms with E-state index in [-0.39, 0.29) is 6.08 Å². The van der Waals surface area contributed by atoms with Crippen LogP contribution in [0, 0.1) is 0 Å². The van der Waals surface area contributed by atoms with Crippen LogP contribution in [-0.2, 0) is 0 Å². The normalized spacial score (nSPS) is 10.9. The summed E-state index contributed by atoms with van der Waals surface area (Å²) in [6.07, 6.45) is 12.7. The third-order valence-electron chi connectivity index (χ3n) is 4.57. The van der Waals surface area contributed by atoms with Gasteiger partial charge in [-0.3, -0.25) is 0 Å². The minimum Gasteiger partial charge on any atom is -0.497 e. The van der Waals surface area contributed by atoms with E-state index in [9.17, 15) is 4.79 Å². The topological polar surface area (TPSA) is 66.5 Å². The van der Waals surface area contributed by atoms with Gasteiger partial charge in [-0.25, -0.2) is 4.79 Å². The van der Waals surface area contributed by atoms with E-state index in [1.165, 1.54) is 56.0 Å². The molecule has 0 aliphatic heterocycles. The van der Waals surface area contributed by atoms with Gasteiger partial charge in [0.15, 0.2) is 0 Å². The Kier molecular flexibility index (Phi) is 9.52. The highest BCUT2D eigenvalue weighted by atomic mass is 16.6. The quantitative estimate of drug-likeness (QED) is 0.427. The van der Waals surface area contributed by atoms with E-state index in [2.05, 4.69) is 12.0 Å². The van der Waals surface area contributed by atoms with Crippen LogP contribution in [0.25, 0.3) is 5.69 Å². The molecule has 0 aliphatic carbocycles. The predicted octanol–water partition coefficient (Wildman–Crippen LogP) is 5.13. The fourth-order valence-electron chi connectivity index (χ4n) is 2.95. The first-order chi connectivity index (χ1) is 13.2. The third kappa shape index (κ3) is 7.49. The van der Waals surface area contributed by atoms with Crippen molar-refractivity contribution in [3.63, 3.8) is 0 Å². The number of ether oxygens (including phenoxy) is 2. The SMILES string of the molecule is CCCCCCCCCCCCOc1nn(-c2ccc(OC)cc2)c(=O)o1. The summed E-state index contributed by atoms with van der Waals surface area (Å²) in [7, 11) is 1.59. The summed E-state index contributed by atoms with van der Waals surface area (Å²) < 4.78 is 16.8. The van der Waals surface area contributed by atoms with Crippen molar-refractivity contribution in [1.82, 2.24) is 9.78 Å². The first kappa shape index (κ1) is 21.1. The van der Waals surface area contributed by atoms with Gasteiger partial charge in [-0.15, -0.1) is 0 Å². The molecular weight excluding hydrogens is 344 g/mol. The molecule has 0 spiro atoms. The molecule has 27 heavy (non-hydrogen) atoms. The Bertz CT molecular complexity index is 691. The Morgan fingerprint density at radius 3 is 2.11 bits per heavy atom. The fraction of sp³-hybridized carbons (Fsp3) is 0.619. The Morgan fingerprint density at radius 2 is 1.52 bits per heavy atom. The van der Waals surface area contributed by atoms with Gasteiger partial charge in [-0.1, -0.05) is 69.8 Å². The molecule has 1 aromatic carbocycles. The van der Waals surface area contributed by atoms with E-state index in [1.54, 1.807) is 31.4 Å². The molecule has 2 aromatic rings. The monoisotopic (exact) mass is 376 g/mol. The van der Waals surface area contributed by atoms with E-state index >= 15 is 0 Å². The van der Waals surface area contributed by atoms with E-state index in [0.717, 1.165) is 12.8 Å². The molecule has 0 bridgehead atoms. The van der Waals surface area contributed by atoms with Crippen LogP contribution in [-0.4, -0.2) is 23.5 Å². The molecule has 0 fully saturated rings. The Balaban J connectivity index is 1.62. The van der Waals surface area contributed by atoms with E-state index < -0.39 is 5.76 Å². The van der Waals surface area contributed by atoms with E-state index in [0.29, 0.717) is 18.0 Å². The van der Waals surface area contributed by atoms with Crippen LogP contribution in [0.15, 0.2) is 33.5 Å². The molecule has 0 aliphatic rings. The van der Waals surface area contributed by atoms with Gasteiger partial charge in [0.1, 0.15) is 5.75 Å². The highest BCUT2D eigenvalue weighted by molar-refractivity contribution is 5.36. The van der Waals surface area contributed by atoms with E-state index in [1.807, 2.05) is 0 Å². The number of hydrogen-bond acceptors (Lipinski definition) is 5. The second-order valence-corrected chi connectivity index (χ2v) is 6.77. The van der Waals surface area contributed by atoms with Gasteiger partial charge in [-0.05, 0) is 30.7 Å². The molecule has 6 heteroatoms. The lowest BCUT2D eigenvalue weighted by molar-refractivity contribution is 0.219. The molecule has 6 nitrogen and oxygen atoms in total. The lowest BCUT2D eigenvalue weighted by Crippen LogP contribution is -2.13. The molecule has 2 rings (SSSR count). The Morgan fingerprint density at radius 1 is 0.926 bits per heavy atom. The smallest absolute Gasteiger partial charge is 0.444 e. The largest absolute Gasteiger partial charge is 0.497 e. The summed E-state index contributed by atoms with van der Waals surface area (Å²) in [4.78, 5) is 11.9. The maximum absolute atomic E-state index is 11.9. The maximum Gasteiger partial charge on any atom is 0.444 e. The van der Waals surface area contributed by atoms with Gasteiger partial charge in [-0.2, -0.15) is 4.68 Å². The predicted molar refractivity (Wildman–Crippen MR) is 106 cm³/mol. The van der Waals surface area contributed by atoms with Crippen molar-refractivity contribution >= 4 is 0 Å². The number of rotatable bonds is 14. The number of methoxy groups -OCH3 is 1. The van der Waals surface area contributed by atoms with Crippen molar-refractivity contribution in [2.24, 2.45) is 0 Å². The number of nitrogens with zero attached hydrogens (tertiary/aromatic N) is 2. The summed E-state index contributed by atoms with van der Waals surface area (Å²) in [6, 6.07) is 7.02. The van der Waals surface area contributed by atoms with Crippen LogP contribution >= 0.6 is 0 Å². The Labute approximate surface area is 161 Å². The summed E-state index contributed by atoms with van der Waals surface area (Å²) in [5.74, 6) is 0.158. The number of benzene rings is 1. The number of unbranched alkanes of at least 4 members (excludes halogenated alkanes) is 9. The van der Waals surface area contributed by atoms with Crippen molar-refractivity contribution < 1.29 is 13.9 Å². The number of aromatic nitrogens is 2. The average molecular weight is 376 g/mol. The first-order valence-corrected chi connectivity index (χ1v) is 10.1. The average Bonchev–Trinajstić information content (AvgIpc) is 3.06. The number of hydrogen-bond donors (Lipinski definition) is 0. The molecule has 0 amide bonds. The molecule has 0 unspecified atom stereocenters. The highest BCUT2D eigenvalue weighted by Crippen LogP contribution is 2.15. The highest BCUT2D eigenvalue weighted by Gasteiger charge is 2.11. The molecule has 0 atom stereocenters. The summed E-state index contributed by atoms with van der Waals surface area (Å²) in [5.41, 5.74) is 0.610. The molecule has 0 saturated heterocycles. The molecule has 1 aromatic heterocycles. The minimum absolute atomic E-state index is 0.0201. The van der Waals surface area contributed by atoms with Gasteiger partial charge >= 0.3 is 11.8 Å². The van der Waals surface area contributed by atoms with Gasteiger partial charge in [0.05, 0.1) is 19.4 Å². The molecule has 150 valence electrons. The molecule has 0 saturated carbocycles. The van der Waals surface area contributed by atoms with Gasteiger partial charge in [0, 0.05) is 0 Å². The fourth-order valence-corrected chi connectivity index (χ4v) is 2.95. The molecule has 1 heterocycles. The lowest BCUT2D eigenvalue weighted by Gasteiger charge is -2.03. The van der Waals surface area contributed by atoms with Crippen LogP contribution in [0.5, 0.6) is 11.8 Å². The van der Waals surface area contributed by atoms with E-state index in [4.69, 9.17) is 13.9 Å². The summed E-state index contributed by atoms with van der Waals surface area (Å²) in [5, 5.41) is 4.09. The van der Waals surface area contributed by atoms with Gasteiger partial charge in [0.25, 0.3) is 0 Å². The van der Waals surface area contributed by atoms with Gasteiger partial charge < -0.3 is 13.9 Å².